The van der Waals surface area contributed by atoms with Crippen LogP contribution in [0, 0.1) is 13.8 Å². The molecule has 1 heterocycles. The number of aromatic nitrogens is 1. The molecule has 2 N–H and O–H groups in total. The van der Waals surface area contributed by atoms with Gasteiger partial charge in [0.2, 0.25) is 0 Å². The molecule has 3 nitrogen and oxygen atoms in total. The number of hydrogen-bond donors (Lipinski definition) is 2. The van der Waals surface area contributed by atoms with Gasteiger partial charge in [-0.3, -0.25) is 0 Å². The van der Waals surface area contributed by atoms with E-state index in [9.17, 15) is 5.11 Å². The van der Waals surface area contributed by atoms with Crippen LogP contribution in [0.1, 0.15) is 30.8 Å². The molecule has 80 valence electrons. The fourth-order valence-corrected chi connectivity index (χ4v) is 1.75. The Balaban J connectivity index is 2.54. The van der Waals surface area contributed by atoms with Crippen LogP contribution in [0.25, 0.3) is 0 Å². The van der Waals surface area contributed by atoms with Crippen molar-refractivity contribution in [2.75, 3.05) is 11.9 Å². The van der Waals surface area contributed by atoms with Crippen LogP contribution in [0.4, 0.5) is 5.13 Å². The highest BCUT2D eigenvalue weighted by molar-refractivity contribution is 7.15. The summed E-state index contributed by atoms with van der Waals surface area (Å²) in [5, 5.41) is 13.8. The van der Waals surface area contributed by atoms with Gasteiger partial charge in [-0.25, -0.2) is 4.98 Å². The maximum absolute atomic E-state index is 9.77. The second kappa shape index (κ2) is 4.28. The van der Waals surface area contributed by atoms with E-state index >= 15 is 0 Å². The molecule has 1 unspecified atom stereocenters. The summed E-state index contributed by atoms with van der Waals surface area (Å²) in [7, 11) is 0. The molecule has 0 aromatic carbocycles. The second-order valence-electron chi connectivity index (χ2n) is 3.86. The van der Waals surface area contributed by atoms with Crippen molar-refractivity contribution in [3.05, 3.63) is 10.6 Å². The van der Waals surface area contributed by atoms with Crippen LogP contribution in [0.3, 0.4) is 0 Å². The summed E-state index contributed by atoms with van der Waals surface area (Å²) in [4.78, 5) is 5.57. The van der Waals surface area contributed by atoms with E-state index in [2.05, 4.69) is 17.2 Å². The Morgan fingerprint density at radius 1 is 1.50 bits per heavy atom. The molecule has 0 bridgehead atoms. The zero-order valence-corrected chi connectivity index (χ0v) is 10.0. The molecule has 0 radical (unpaired) electrons. The number of rotatable bonds is 4. The molecule has 0 spiro atoms. The van der Waals surface area contributed by atoms with Crippen LogP contribution in [0.15, 0.2) is 0 Å². The van der Waals surface area contributed by atoms with Gasteiger partial charge in [0.1, 0.15) is 0 Å². The van der Waals surface area contributed by atoms with E-state index < -0.39 is 5.60 Å². The maximum Gasteiger partial charge on any atom is 0.183 e. The SMILES string of the molecule is CCC(C)(O)CNc1nc(C)c(C)s1. The molecule has 0 amide bonds. The van der Waals surface area contributed by atoms with Gasteiger partial charge < -0.3 is 10.4 Å². The second-order valence-corrected chi connectivity index (χ2v) is 5.07. The Kier molecular flexibility index (Phi) is 3.50. The number of thiazole rings is 1. The lowest BCUT2D eigenvalue weighted by Gasteiger charge is -2.21. The summed E-state index contributed by atoms with van der Waals surface area (Å²) in [5.41, 5.74) is 0.418. The third-order valence-corrected chi connectivity index (χ3v) is 3.44. The zero-order valence-electron chi connectivity index (χ0n) is 9.22. The van der Waals surface area contributed by atoms with Crippen molar-refractivity contribution in [3.63, 3.8) is 0 Å². The fraction of sp³-hybridized carbons (Fsp3) is 0.700. The fourth-order valence-electron chi connectivity index (χ4n) is 0.939. The molecule has 0 aliphatic carbocycles. The minimum atomic E-state index is -0.645. The van der Waals surface area contributed by atoms with Gasteiger partial charge >= 0.3 is 0 Å². The lowest BCUT2D eigenvalue weighted by atomic mass is 10.0. The average molecular weight is 214 g/mol. The first-order valence-electron chi connectivity index (χ1n) is 4.85. The first kappa shape index (κ1) is 11.5. The van der Waals surface area contributed by atoms with E-state index in [1.807, 2.05) is 20.8 Å². The van der Waals surface area contributed by atoms with Gasteiger partial charge in [0.05, 0.1) is 11.3 Å². The van der Waals surface area contributed by atoms with E-state index in [0.29, 0.717) is 6.54 Å². The van der Waals surface area contributed by atoms with Gasteiger partial charge in [-0.15, -0.1) is 11.3 Å². The van der Waals surface area contributed by atoms with Crippen LogP contribution in [-0.4, -0.2) is 22.2 Å². The summed E-state index contributed by atoms with van der Waals surface area (Å²) >= 11 is 1.63. The third-order valence-electron chi connectivity index (χ3n) is 2.41. The molecule has 0 aliphatic rings. The van der Waals surface area contributed by atoms with E-state index in [1.54, 1.807) is 11.3 Å². The van der Waals surface area contributed by atoms with Crippen LogP contribution < -0.4 is 5.32 Å². The lowest BCUT2D eigenvalue weighted by Crippen LogP contribution is -2.32. The normalized spacial score (nSPS) is 15.2. The molecule has 0 aliphatic heterocycles. The van der Waals surface area contributed by atoms with E-state index in [-0.39, 0.29) is 0 Å². The third kappa shape index (κ3) is 2.96. The molecular weight excluding hydrogens is 196 g/mol. The molecule has 1 rings (SSSR count). The Bertz CT molecular complexity index is 288. The largest absolute Gasteiger partial charge is 0.388 e. The molecule has 0 fully saturated rings. The molecule has 14 heavy (non-hydrogen) atoms. The number of anilines is 1. The van der Waals surface area contributed by atoms with Crippen LogP contribution in [0.5, 0.6) is 0 Å². The number of hydrogen-bond acceptors (Lipinski definition) is 4. The first-order valence-corrected chi connectivity index (χ1v) is 5.66. The van der Waals surface area contributed by atoms with Crippen molar-refractivity contribution in [1.82, 2.24) is 4.98 Å². The van der Waals surface area contributed by atoms with Crippen molar-refractivity contribution >= 4 is 16.5 Å². The molecule has 0 saturated carbocycles. The predicted octanol–water partition coefficient (Wildman–Crippen LogP) is 2.33. The maximum atomic E-state index is 9.77. The van der Waals surface area contributed by atoms with Gasteiger partial charge in [0, 0.05) is 11.4 Å². The summed E-state index contributed by atoms with van der Waals surface area (Å²) in [5.74, 6) is 0. The highest BCUT2D eigenvalue weighted by Gasteiger charge is 2.17. The average Bonchev–Trinajstić information content (AvgIpc) is 2.44. The van der Waals surface area contributed by atoms with Gasteiger partial charge in [0.25, 0.3) is 0 Å². The predicted molar refractivity (Wildman–Crippen MR) is 61.0 cm³/mol. The van der Waals surface area contributed by atoms with E-state index in [1.165, 1.54) is 4.88 Å². The van der Waals surface area contributed by atoms with Gasteiger partial charge in [0.15, 0.2) is 5.13 Å². The minimum absolute atomic E-state index is 0.551. The summed E-state index contributed by atoms with van der Waals surface area (Å²) in [6.45, 7) is 8.40. The van der Waals surface area contributed by atoms with Crippen LogP contribution in [-0.2, 0) is 0 Å². The molecular formula is C10H18N2OS. The van der Waals surface area contributed by atoms with Crippen LogP contribution in [0.2, 0.25) is 0 Å². The van der Waals surface area contributed by atoms with Gasteiger partial charge in [-0.05, 0) is 27.2 Å². The number of aryl methyl sites for hydroxylation is 2. The summed E-state index contributed by atoms with van der Waals surface area (Å²) in [6.07, 6.45) is 0.739. The Labute approximate surface area is 89.2 Å². The van der Waals surface area contributed by atoms with Crippen molar-refractivity contribution in [2.24, 2.45) is 0 Å². The van der Waals surface area contributed by atoms with Crippen molar-refractivity contribution in [3.8, 4) is 0 Å². The van der Waals surface area contributed by atoms with Gasteiger partial charge in [-0.1, -0.05) is 6.92 Å². The molecule has 1 aromatic heterocycles. The topological polar surface area (TPSA) is 45.1 Å². The standard InChI is InChI=1S/C10H18N2OS/c1-5-10(4,13)6-11-9-12-7(2)8(3)14-9/h13H,5-6H2,1-4H3,(H,11,12). The lowest BCUT2D eigenvalue weighted by molar-refractivity contribution is 0.0697. The Hall–Kier alpha value is -0.610. The molecule has 1 atom stereocenters. The van der Waals surface area contributed by atoms with Crippen LogP contribution >= 0.6 is 11.3 Å². The molecule has 0 saturated heterocycles. The summed E-state index contributed by atoms with van der Waals surface area (Å²) < 4.78 is 0. The van der Waals surface area contributed by atoms with E-state index in [0.717, 1.165) is 17.2 Å². The minimum Gasteiger partial charge on any atom is -0.388 e. The first-order chi connectivity index (χ1) is 6.44. The van der Waals surface area contributed by atoms with E-state index in [4.69, 9.17) is 0 Å². The monoisotopic (exact) mass is 214 g/mol. The quantitative estimate of drug-likeness (QED) is 0.808. The van der Waals surface area contributed by atoms with Crippen molar-refractivity contribution in [2.45, 2.75) is 39.7 Å². The molecule has 4 heteroatoms. The number of nitrogens with one attached hydrogen (secondary N) is 1. The highest BCUT2D eigenvalue weighted by atomic mass is 32.1. The Morgan fingerprint density at radius 3 is 2.57 bits per heavy atom. The molecule has 1 aromatic rings. The zero-order chi connectivity index (χ0) is 10.8. The number of aliphatic hydroxyl groups is 1. The smallest absolute Gasteiger partial charge is 0.183 e. The number of nitrogens with zero attached hydrogens (tertiary/aromatic N) is 1. The highest BCUT2D eigenvalue weighted by Crippen LogP contribution is 2.22. The van der Waals surface area contributed by atoms with Crippen molar-refractivity contribution < 1.29 is 5.11 Å². The van der Waals surface area contributed by atoms with Gasteiger partial charge in [-0.2, -0.15) is 0 Å². The Morgan fingerprint density at radius 2 is 2.14 bits per heavy atom. The summed E-state index contributed by atoms with van der Waals surface area (Å²) in [6, 6.07) is 0. The van der Waals surface area contributed by atoms with Crippen molar-refractivity contribution in [1.29, 1.82) is 0 Å².